The van der Waals surface area contributed by atoms with Gasteiger partial charge in [-0.3, -0.25) is 0 Å². The number of benzene rings is 1. The molecule has 0 aromatic heterocycles. The zero-order chi connectivity index (χ0) is 9.68. The SMILES string of the molecule is C[Te]Cc1ccc(CS(=O)[O-])cc1. The first-order valence-corrected chi connectivity index (χ1v) is 9.07. The summed E-state index contributed by atoms with van der Waals surface area (Å²) in [6.45, 7) is 0. The van der Waals surface area contributed by atoms with E-state index in [1.807, 2.05) is 24.3 Å². The second-order valence-corrected chi connectivity index (χ2v) is 6.07. The van der Waals surface area contributed by atoms with Crippen LogP contribution in [0.3, 0.4) is 0 Å². The molecule has 1 aromatic carbocycles. The van der Waals surface area contributed by atoms with Crippen molar-refractivity contribution in [2.45, 2.75) is 15.2 Å². The molecule has 0 fully saturated rings. The molecule has 4 heteroatoms. The molecule has 1 unspecified atom stereocenters. The van der Waals surface area contributed by atoms with Crippen LogP contribution in [0, 0.1) is 0 Å². The van der Waals surface area contributed by atoms with Gasteiger partial charge < -0.3 is 0 Å². The molecule has 0 aliphatic rings. The van der Waals surface area contributed by atoms with Crippen molar-refractivity contribution in [3.05, 3.63) is 35.4 Å². The fraction of sp³-hybridized carbons (Fsp3) is 0.333. The number of hydrogen-bond donors (Lipinski definition) is 0. The fourth-order valence-corrected chi connectivity index (χ4v) is 3.00. The van der Waals surface area contributed by atoms with E-state index in [4.69, 9.17) is 0 Å². The molecule has 0 amide bonds. The molecule has 1 atom stereocenters. The second-order valence-electron chi connectivity index (χ2n) is 2.70. The van der Waals surface area contributed by atoms with Gasteiger partial charge in [0.05, 0.1) is 0 Å². The summed E-state index contributed by atoms with van der Waals surface area (Å²) in [5, 5.41) is 0. The van der Waals surface area contributed by atoms with Crippen LogP contribution in [0.15, 0.2) is 24.3 Å². The van der Waals surface area contributed by atoms with Crippen molar-refractivity contribution < 1.29 is 8.76 Å². The first-order valence-electron chi connectivity index (χ1n) is 3.85. The molecule has 13 heavy (non-hydrogen) atoms. The van der Waals surface area contributed by atoms with Crippen LogP contribution >= 0.6 is 0 Å². The molecule has 1 rings (SSSR count). The normalized spacial score (nSPS) is 12.8. The molecular weight excluding hydrogens is 300 g/mol. The Labute approximate surface area is 91.1 Å². The molecule has 0 saturated heterocycles. The minimum absolute atomic E-state index is 0.127. The van der Waals surface area contributed by atoms with Gasteiger partial charge in [-0.2, -0.15) is 0 Å². The van der Waals surface area contributed by atoms with Crippen LogP contribution in [0.5, 0.6) is 0 Å². The van der Waals surface area contributed by atoms with Gasteiger partial charge in [-0.05, 0) is 0 Å². The maximum atomic E-state index is 10.4. The monoisotopic (exact) mass is 313 g/mol. The molecule has 72 valence electrons. The third-order valence-corrected chi connectivity index (χ3v) is 3.96. The van der Waals surface area contributed by atoms with E-state index in [2.05, 4.69) is 4.97 Å². The summed E-state index contributed by atoms with van der Waals surface area (Å²) >= 11 is -1.84. The Hall–Kier alpha value is 0.120. The number of rotatable bonds is 4. The molecular formula is C9H11O2STe-. The van der Waals surface area contributed by atoms with E-state index >= 15 is 0 Å². The summed E-state index contributed by atoms with van der Waals surface area (Å²) in [7, 11) is 0. The molecule has 0 heterocycles. The van der Waals surface area contributed by atoms with Gasteiger partial charge >= 0.3 is 91.4 Å². The molecule has 0 N–H and O–H groups in total. The summed E-state index contributed by atoms with van der Waals surface area (Å²) in [6.07, 6.45) is 0. The molecule has 0 saturated carbocycles. The van der Waals surface area contributed by atoms with Crippen LogP contribution in [0.1, 0.15) is 11.1 Å². The first kappa shape index (κ1) is 11.2. The van der Waals surface area contributed by atoms with Gasteiger partial charge in [0.2, 0.25) is 0 Å². The zero-order valence-electron chi connectivity index (χ0n) is 7.36. The Morgan fingerprint density at radius 3 is 2.31 bits per heavy atom. The van der Waals surface area contributed by atoms with E-state index in [9.17, 15) is 8.76 Å². The topological polar surface area (TPSA) is 40.1 Å². The average Bonchev–Trinajstić information content (AvgIpc) is 2.08. The first-order chi connectivity index (χ1) is 6.22. The van der Waals surface area contributed by atoms with Crippen molar-refractivity contribution in [1.82, 2.24) is 0 Å². The summed E-state index contributed by atoms with van der Waals surface area (Å²) in [5.41, 5.74) is 2.19. The van der Waals surface area contributed by atoms with Crippen LogP contribution in [-0.2, 0) is 21.3 Å². The second kappa shape index (κ2) is 5.77. The molecule has 0 spiro atoms. The fourth-order valence-electron chi connectivity index (χ4n) is 1.03. The summed E-state index contributed by atoms with van der Waals surface area (Å²) in [5.74, 6) is 0.128. The van der Waals surface area contributed by atoms with Crippen molar-refractivity contribution in [3.63, 3.8) is 0 Å². The Kier molecular flexibility index (Phi) is 4.97. The summed E-state index contributed by atoms with van der Waals surface area (Å²) in [4.78, 5) is 2.26. The van der Waals surface area contributed by atoms with Crippen molar-refractivity contribution in [3.8, 4) is 0 Å². The molecule has 1 aromatic rings. The zero-order valence-corrected chi connectivity index (χ0v) is 10.5. The predicted octanol–water partition coefficient (Wildman–Crippen LogP) is 1.32. The third-order valence-electron chi connectivity index (χ3n) is 1.62. The van der Waals surface area contributed by atoms with Crippen LogP contribution in [0.2, 0.25) is 4.97 Å². The standard InChI is InChI=1S/C9H12O2STe/c1-13-7-9-4-2-8(3-5-9)6-12(10)11/h2-5H,6-7H2,1H3,(H,10,11)/p-1. The van der Waals surface area contributed by atoms with Crippen molar-refractivity contribution in [2.75, 3.05) is 0 Å². The Morgan fingerprint density at radius 1 is 1.31 bits per heavy atom. The van der Waals surface area contributed by atoms with E-state index in [-0.39, 0.29) is 26.7 Å². The maximum absolute atomic E-state index is 10.4. The Balaban J connectivity index is 2.64. The van der Waals surface area contributed by atoms with Gasteiger partial charge in [0.25, 0.3) is 0 Å². The third kappa shape index (κ3) is 4.23. The summed E-state index contributed by atoms with van der Waals surface area (Å²) in [6, 6.07) is 7.84. The van der Waals surface area contributed by atoms with E-state index in [0.717, 1.165) is 5.56 Å². The van der Waals surface area contributed by atoms with E-state index in [1.165, 1.54) is 10.0 Å². The van der Waals surface area contributed by atoms with E-state index in [0.29, 0.717) is 0 Å². The van der Waals surface area contributed by atoms with Crippen LogP contribution in [-0.4, -0.2) is 29.7 Å². The van der Waals surface area contributed by atoms with Gasteiger partial charge in [-0.1, -0.05) is 0 Å². The quantitative estimate of drug-likeness (QED) is 0.621. The average molecular weight is 311 g/mol. The molecule has 0 bridgehead atoms. The predicted molar refractivity (Wildman–Crippen MR) is 54.4 cm³/mol. The number of hydrogen-bond acceptors (Lipinski definition) is 2. The van der Waals surface area contributed by atoms with Gasteiger partial charge in [0.15, 0.2) is 0 Å². The van der Waals surface area contributed by atoms with Gasteiger partial charge in [-0.15, -0.1) is 0 Å². The van der Waals surface area contributed by atoms with Gasteiger partial charge in [-0.25, -0.2) is 0 Å². The Morgan fingerprint density at radius 2 is 1.85 bits per heavy atom. The van der Waals surface area contributed by atoms with Crippen molar-refractivity contribution in [2.24, 2.45) is 0 Å². The van der Waals surface area contributed by atoms with Crippen LogP contribution in [0.25, 0.3) is 0 Å². The van der Waals surface area contributed by atoms with Crippen molar-refractivity contribution in [1.29, 1.82) is 0 Å². The van der Waals surface area contributed by atoms with Gasteiger partial charge in [0.1, 0.15) is 0 Å². The van der Waals surface area contributed by atoms with E-state index in [1.54, 1.807) is 0 Å². The van der Waals surface area contributed by atoms with Crippen molar-refractivity contribution >= 4 is 32.0 Å². The van der Waals surface area contributed by atoms with E-state index < -0.39 is 11.1 Å². The summed E-state index contributed by atoms with van der Waals surface area (Å²) < 4.78 is 22.0. The van der Waals surface area contributed by atoms with Crippen LogP contribution < -0.4 is 0 Å². The minimum atomic E-state index is -1.97. The van der Waals surface area contributed by atoms with Gasteiger partial charge in [0, 0.05) is 0 Å². The molecule has 0 radical (unpaired) electrons. The molecule has 0 aliphatic heterocycles. The molecule has 0 aliphatic carbocycles. The Bertz CT molecular complexity index is 284. The van der Waals surface area contributed by atoms with Crippen LogP contribution in [0.4, 0.5) is 0 Å². The molecule has 2 nitrogen and oxygen atoms in total.